The number of nitrogens with one attached hydrogen (secondary N) is 2. The van der Waals surface area contributed by atoms with Gasteiger partial charge in [-0.25, -0.2) is 4.79 Å². The molecule has 2 aromatic carbocycles. The molecule has 1 aliphatic rings. The number of aryl methyl sites for hydroxylation is 1. The summed E-state index contributed by atoms with van der Waals surface area (Å²) in [6, 6.07) is 17.1. The van der Waals surface area contributed by atoms with Crippen molar-refractivity contribution in [2.24, 2.45) is 7.05 Å². The van der Waals surface area contributed by atoms with Crippen LogP contribution < -0.4 is 10.6 Å². The highest BCUT2D eigenvalue weighted by Gasteiger charge is 2.29. The van der Waals surface area contributed by atoms with Crippen LogP contribution in [0.3, 0.4) is 0 Å². The molecule has 0 spiro atoms. The minimum absolute atomic E-state index is 0.0637. The Morgan fingerprint density at radius 1 is 1.09 bits per heavy atom. The number of amides is 2. The van der Waals surface area contributed by atoms with Gasteiger partial charge in [0.1, 0.15) is 12.4 Å². The van der Waals surface area contributed by atoms with Crippen LogP contribution in [0.15, 0.2) is 54.6 Å². The topological polar surface area (TPSA) is 123 Å². The Morgan fingerprint density at radius 2 is 1.71 bits per heavy atom. The molecule has 1 aromatic heterocycles. The van der Waals surface area contributed by atoms with Gasteiger partial charge in [0.2, 0.25) is 0 Å². The summed E-state index contributed by atoms with van der Waals surface area (Å²) in [5, 5.41) is 18.3. The second-order valence-corrected chi connectivity index (χ2v) is 8.17. The van der Waals surface area contributed by atoms with Crippen LogP contribution >= 0.6 is 0 Å². The van der Waals surface area contributed by atoms with Gasteiger partial charge in [-0.15, -0.1) is 0 Å². The van der Waals surface area contributed by atoms with E-state index in [2.05, 4.69) is 27.9 Å². The molecule has 4 rings (SSSR count). The van der Waals surface area contributed by atoms with Crippen molar-refractivity contribution in [1.29, 1.82) is 0 Å². The van der Waals surface area contributed by atoms with E-state index in [9.17, 15) is 14.4 Å². The number of nitrogens with zero attached hydrogens (tertiary/aromatic N) is 2. The van der Waals surface area contributed by atoms with E-state index in [1.807, 2.05) is 36.4 Å². The molecule has 1 heterocycles. The van der Waals surface area contributed by atoms with Gasteiger partial charge in [-0.1, -0.05) is 55.5 Å². The predicted octanol–water partition coefficient (Wildman–Crippen LogP) is 3.76. The first kappa shape index (κ1) is 23.0. The summed E-state index contributed by atoms with van der Waals surface area (Å²) in [6.07, 6.45) is -0.371. The van der Waals surface area contributed by atoms with Crippen molar-refractivity contribution in [2.45, 2.75) is 31.7 Å². The molecule has 9 nitrogen and oxygen atoms in total. The molecule has 0 radical (unpaired) electrons. The first-order valence-corrected chi connectivity index (χ1v) is 11.1. The average Bonchev–Trinajstić information content (AvgIpc) is 3.34. The van der Waals surface area contributed by atoms with Gasteiger partial charge in [-0.3, -0.25) is 19.6 Å². The van der Waals surface area contributed by atoms with Gasteiger partial charge in [0.25, 0.3) is 5.91 Å². The number of carboxylic acid groups (broad SMARTS) is 1. The fraction of sp³-hybridized carbons (Fsp3) is 0.280. The molecular formula is C25H26N4O5. The van der Waals surface area contributed by atoms with Gasteiger partial charge < -0.3 is 15.2 Å². The van der Waals surface area contributed by atoms with Crippen LogP contribution in [0.25, 0.3) is 11.1 Å². The molecule has 0 fully saturated rings. The van der Waals surface area contributed by atoms with Crippen LogP contribution in [0.4, 0.5) is 10.6 Å². The number of ether oxygens (including phenoxy) is 1. The van der Waals surface area contributed by atoms with Gasteiger partial charge in [-0.05, 0) is 28.7 Å². The van der Waals surface area contributed by atoms with Crippen molar-refractivity contribution >= 4 is 23.8 Å². The van der Waals surface area contributed by atoms with E-state index >= 15 is 0 Å². The number of anilines is 1. The Bertz CT molecular complexity index is 1190. The summed E-state index contributed by atoms with van der Waals surface area (Å²) in [5.41, 5.74) is 4.58. The Labute approximate surface area is 196 Å². The van der Waals surface area contributed by atoms with E-state index in [1.54, 1.807) is 14.0 Å². The second kappa shape index (κ2) is 9.78. The van der Waals surface area contributed by atoms with E-state index in [4.69, 9.17) is 9.84 Å². The van der Waals surface area contributed by atoms with Crippen molar-refractivity contribution in [1.82, 2.24) is 15.1 Å². The Balaban J connectivity index is 1.39. The van der Waals surface area contributed by atoms with Crippen LogP contribution in [-0.2, 0) is 16.6 Å². The molecule has 0 bridgehead atoms. The van der Waals surface area contributed by atoms with Crippen molar-refractivity contribution in [3.63, 3.8) is 0 Å². The molecule has 0 unspecified atom stereocenters. The summed E-state index contributed by atoms with van der Waals surface area (Å²) in [7, 11) is 1.59. The molecule has 176 valence electrons. The first-order chi connectivity index (χ1) is 16.4. The Hall–Kier alpha value is -4.14. The summed E-state index contributed by atoms with van der Waals surface area (Å²) in [4.78, 5) is 35.9. The van der Waals surface area contributed by atoms with Crippen LogP contribution in [0, 0.1) is 0 Å². The lowest BCUT2D eigenvalue weighted by Gasteiger charge is -2.14. The van der Waals surface area contributed by atoms with Crippen LogP contribution in [0.5, 0.6) is 0 Å². The van der Waals surface area contributed by atoms with E-state index in [1.165, 1.54) is 10.7 Å². The number of carboxylic acids is 1. The van der Waals surface area contributed by atoms with Crippen LogP contribution in [0.1, 0.15) is 47.3 Å². The normalized spacial score (nSPS) is 13.0. The number of carbonyl (C=O) groups is 3. The molecule has 9 heteroatoms. The fourth-order valence-electron chi connectivity index (χ4n) is 4.20. The van der Waals surface area contributed by atoms with Crippen LogP contribution in [0.2, 0.25) is 0 Å². The lowest BCUT2D eigenvalue weighted by atomic mass is 9.98. The summed E-state index contributed by atoms with van der Waals surface area (Å²) >= 11 is 0. The van der Waals surface area contributed by atoms with E-state index in [0.29, 0.717) is 6.42 Å². The third kappa shape index (κ3) is 4.78. The number of aliphatic carboxylic acids is 1. The Kier molecular flexibility index (Phi) is 6.62. The molecule has 1 atom stereocenters. The van der Waals surface area contributed by atoms with Gasteiger partial charge >= 0.3 is 12.1 Å². The number of hydrogen-bond acceptors (Lipinski definition) is 5. The van der Waals surface area contributed by atoms with Crippen molar-refractivity contribution in [3.8, 4) is 11.1 Å². The zero-order valence-electron chi connectivity index (χ0n) is 18.9. The molecule has 2 amide bonds. The standard InChI is InChI=1S/C25H26N4O5/c1-3-15(12-23(30)31)26-24(32)21-13-22(29(2)28-21)27-25(33)34-14-20-18-10-6-4-8-16(18)17-9-5-7-11-19(17)20/h4-11,13,15,20H,3,12,14H2,1-2H3,(H,26,32)(H,27,33)(H,30,31)/t15-/m1/s1. The molecule has 0 saturated carbocycles. The second-order valence-electron chi connectivity index (χ2n) is 8.17. The minimum Gasteiger partial charge on any atom is -0.481 e. The third-order valence-corrected chi connectivity index (χ3v) is 5.94. The highest BCUT2D eigenvalue weighted by Crippen LogP contribution is 2.44. The minimum atomic E-state index is -0.995. The van der Waals surface area contributed by atoms with E-state index in [-0.39, 0.29) is 30.5 Å². The number of fused-ring (bicyclic) bond motifs is 3. The monoisotopic (exact) mass is 462 g/mol. The summed E-state index contributed by atoms with van der Waals surface area (Å²) in [6.45, 7) is 1.95. The SMILES string of the molecule is CC[C@H](CC(=O)O)NC(=O)c1cc(NC(=O)OCC2c3ccccc3-c3ccccc32)n(C)n1. The quantitative estimate of drug-likeness (QED) is 0.468. The van der Waals surface area contributed by atoms with Crippen molar-refractivity contribution in [2.75, 3.05) is 11.9 Å². The smallest absolute Gasteiger partial charge is 0.412 e. The van der Waals surface area contributed by atoms with Gasteiger partial charge in [-0.2, -0.15) is 5.10 Å². The Morgan fingerprint density at radius 3 is 2.29 bits per heavy atom. The third-order valence-electron chi connectivity index (χ3n) is 5.94. The lowest BCUT2D eigenvalue weighted by Crippen LogP contribution is -2.36. The number of aromatic nitrogens is 2. The largest absolute Gasteiger partial charge is 0.481 e. The molecule has 0 aliphatic heterocycles. The van der Waals surface area contributed by atoms with Gasteiger partial charge in [0.15, 0.2) is 5.69 Å². The van der Waals surface area contributed by atoms with E-state index in [0.717, 1.165) is 22.3 Å². The highest BCUT2D eigenvalue weighted by atomic mass is 16.5. The maximum absolute atomic E-state index is 12.5. The van der Waals surface area contributed by atoms with Crippen molar-refractivity contribution < 1.29 is 24.2 Å². The number of rotatable bonds is 8. The summed E-state index contributed by atoms with van der Waals surface area (Å²) < 4.78 is 6.89. The molecule has 1 aliphatic carbocycles. The van der Waals surface area contributed by atoms with Gasteiger partial charge in [0.05, 0.1) is 6.42 Å². The molecule has 3 aromatic rings. The highest BCUT2D eigenvalue weighted by molar-refractivity contribution is 5.94. The maximum Gasteiger partial charge on any atom is 0.412 e. The number of carbonyl (C=O) groups excluding carboxylic acids is 2. The van der Waals surface area contributed by atoms with Crippen LogP contribution in [-0.4, -0.2) is 45.5 Å². The number of hydrogen-bond donors (Lipinski definition) is 3. The van der Waals surface area contributed by atoms with E-state index < -0.39 is 24.0 Å². The van der Waals surface area contributed by atoms with Crippen molar-refractivity contribution in [3.05, 3.63) is 71.4 Å². The van der Waals surface area contributed by atoms with Gasteiger partial charge in [0, 0.05) is 25.1 Å². The molecule has 34 heavy (non-hydrogen) atoms. The number of benzene rings is 2. The zero-order valence-corrected chi connectivity index (χ0v) is 18.9. The zero-order chi connectivity index (χ0) is 24.2. The predicted molar refractivity (Wildman–Crippen MR) is 126 cm³/mol. The molecular weight excluding hydrogens is 436 g/mol. The maximum atomic E-state index is 12.5. The average molecular weight is 463 g/mol. The molecule has 3 N–H and O–H groups in total. The summed E-state index contributed by atoms with van der Waals surface area (Å²) in [5.74, 6) is -1.28. The molecule has 0 saturated heterocycles. The first-order valence-electron chi connectivity index (χ1n) is 11.1. The fourth-order valence-corrected chi connectivity index (χ4v) is 4.20. The lowest BCUT2D eigenvalue weighted by molar-refractivity contribution is -0.137.